The quantitative estimate of drug-likeness (QED) is 0.643. The van der Waals surface area contributed by atoms with Crippen LogP contribution in [0.2, 0.25) is 5.02 Å². The van der Waals surface area contributed by atoms with Gasteiger partial charge in [0, 0.05) is 0 Å². The molecule has 0 unspecified atom stereocenters. The minimum atomic E-state index is -0.556. The second kappa shape index (κ2) is 5.54. The summed E-state index contributed by atoms with van der Waals surface area (Å²) in [4.78, 5) is 12.2. The molecule has 0 fully saturated rings. The second-order valence-corrected chi connectivity index (χ2v) is 4.64. The average Bonchev–Trinajstić information content (AvgIpc) is 2.96. The van der Waals surface area contributed by atoms with Crippen molar-refractivity contribution in [2.24, 2.45) is 0 Å². The number of para-hydroxylation sites is 2. The highest BCUT2D eigenvalue weighted by molar-refractivity contribution is 6.32. The van der Waals surface area contributed by atoms with Gasteiger partial charge in [-0.15, -0.1) is 0 Å². The number of halogens is 1. The monoisotopic (exact) mass is 306 g/mol. The van der Waals surface area contributed by atoms with E-state index in [1.807, 2.05) is 0 Å². The summed E-state index contributed by atoms with van der Waals surface area (Å²) in [5.41, 5.74) is 0.273. The van der Waals surface area contributed by atoms with Gasteiger partial charge in [-0.1, -0.05) is 23.7 Å². The summed E-state index contributed by atoms with van der Waals surface area (Å²) in [6.07, 6.45) is 0. The Kier molecular flexibility index (Phi) is 3.58. The molecule has 6 heteroatoms. The molecule has 108 valence electrons. The summed E-state index contributed by atoms with van der Waals surface area (Å²) in [6, 6.07) is 9.89. The van der Waals surface area contributed by atoms with Crippen LogP contribution in [-0.2, 0) is 0 Å². The van der Waals surface area contributed by atoms with E-state index in [1.165, 1.54) is 19.2 Å². The van der Waals surface area contributed by atoms with Crippen molar-refractivity contribution in [3.8, 4) is 23.0 Å². The van der Waals surface area contributed by atoms with Crippen LogP contribution in [0.4, 0.5) is 0 Å². The Bertz CT molecular complexity index is 698. The molecular weight excluding hydrogens is 296 g/mol. The molecule has 2 aromatic carbocycles. The van der Waals surface area contributed by atoms with Crippen molar-refractivity contribution in [3.63, 3.8) is 0 Å². The molecule has 0 aromatic heterocycles. The molecule has 5 nitrogen and oxygen atoms in total. The molecule has 0 N–H and O–H groups in total. The number of fused-ring (bicyclic) bond motifs is 1. The zero-order chi connectivity index (χ0) is 14.8. The van der Waals surface area contributed by atoms with Gasteiger partial charge in [0.15, 0.2) is 23.0 Å². The van der Waals surface area contributed by atoms with Crippen LogP contribution in [0.1, 0.15) is 10.4 Å². The highest BCUT2D eigenvalue weighted by Gasteiger charge is 2.22. The first-order valence-corrected chi connectivity index (χ1v) is 6.51. The fourth-order valence-corrected chi connectivity index (χ4v) is 2.21. The number of esters is 1. The van der Waals surface area contributed by atoms with Gasteiger partial charge in [-0.05, 0) is 24.3 Å². The molecule has 0 atom stereocenters. The van der Waals surface area contributed by atoms with Gasteiger partial charge in [0.25, 0.3) is 0 Å². The fraction of sp³-hybridized carbons (Fsp3) is 0.133. The van der Waals surface area contributed by atoms with Crippen LogP contribution < -0.4 is 18.9 Å². The third-order valence-electron chi connectivity index (χ3n) is 2.93. The second-order valence-electron chi connectivity index (χ2n) is 4.23. The lowest BCUT2D eigenvalue weighted by Crippen LogP contribution is -2.09. The highest BCUT2D eigenvalue weighted by Crippen LogP contribution is 2.40. The van der Waals surface area contributed by atoms with Gasteiger partial charge in [0.1, 0.15) is 0 Å². The van der Waals surface area contributed by atoms with Gasteiger partial charge in [0.05, 0.1) is 17.7 Å². The topological polar surface area (TPSA) is 54.0 Å². The molecule has 21 heavy (non-hydrogen) atoms. The van der Waals surface area contributed by atoms with Gasteiger partial charge in [0.2, 0.25) is 6.79 Å². The minimum Gasteiger partial charge on any atom is -0.493 e. The van der Waals surface area contributed by atoms with E-state index in [-0.39, 0.29) is 12.4 Å². The SMILES string of the molecule is COc1ccccc1OC(=O)c1cc(Cl)c2c(c1)OCO2. The van der Waals surface area contributed by atoms with Crippen LogP contribution in [-0.4, -0.2) is 19.9 Å². The van der Waals surface area contributed by atoms with Crippen molar-refractivity contribution < 1.29 is 23.7 Å². The molecule has 2 aromatic rings. The Morgan fingerprint density at radius 2 is 1.95 bits per heavy atom. The maximum atomic E-state index is 12.2. The van der Waals surface area contributed by atoms with Crippen molar-refractivity contribution in [3.05, 3.63) is 47.0 Å². The number of methoxy groups -OCH3 is 1. The molecule has 0 bridgehead atoms. The third kappa shape index (κ3) is 2.60. The zero-order valence-electron chi connectivity index (χ0n) is 11.1. The van der Waals surface area contributed by atoms with Gasteiger partial charge >= 0.3 is 5.97 Å². The maximum Gasteiger partial charge on any atom is 0.343 e. The number of ether oxygens (including phenoxy) is 4. The Morgan fingerprint density at radius 1 is 1.19 bits per heavy atom. The Morgan fingerprint density at radius 3 is 2.71 bits per heavy atom. The molecule has 0 spiro atoms. The molecule has 0 aliphatic carbocycles. The molecule has 3 rings (SSSR count). The molecule has 0 saturated carbocycles. The number of hydrogen-bond acceptors (Lipinski definition) is 5. The van der Waals surface area contributed by atoms with E-state index < -0.39 is 5.97 Å². The smallest absolute Gasteiger partial charge is 0.343 e. The number of carbonyl (C=O) groups is 1. The molecule has 0 radical (unpaired) electrons. The number of hydrogen-bond donors (Lipinski definition) is 0. The summed E-state index contributed by atoms with van der Waals surface area (Å²) >= 11 is 6.04. The van der Waals surface area contributed by atoms with Crippen LogP contribution >= 0.6 is 11.6 Å². The Balaban J connectivity index is 1.88. The zero-order valence-corrected chi connectivity index (χ0v) is 11.8. The van der Waals surface area contributed by atoms with Gasteiger partial charge in [-0.2, -0.15) is 0 Å². The first-order chi connectivity index (χ1) is 10.2. The number of rotatable bonds is 3. The fourth-order valence-electron chi connectivity index (χ4n) is 1.95. The molecule has 0 amide bonds. The maximum absolute atomic E-state index is 12.2. The van der Waals surface area contributed by atoms with Gasteiger partial charge in [-0.3, -0.25) is 0 Å². The largest absolute Gasteiger partial charge is 0.493 e. The van der Waals surface area contributed by atoms with Crippen molar-refractivity contribution in [1.82, 2.24) is 0 Å². The molecular formula is C15H11ClO5. The first-order valence-electron chi connectivity index (χ1n) is 6.13. The average molecular weight is 307 g/mol. The van der Waals surface area contributed by atoms with E-state index >= 15 is 0 Å². The summed E-state index contributed by atoms with van der Waals surface area (Å²) in [5.74, 6) is 1.11. The summed E-state index contributed by atoms with van der Waals surface area (Å²) in [7, 11) is 1.50. The molecule has 1 aliphatic rings. The van der Waals surface area contributed by atoms with Gasteiger partial charge < -0.3 is 18.9 Å². The van der Waals surface area contributed by atoms with E-state index in [0.29, 0.717) is 28.0 Å². The lowest BCUT2D eigenvalue weighted by Gasteiger charge is -2.09. The van der Waals surface area contributed by atoms with Crippen LogP contribution in [0, 0.1) is 0 Å². The third-order valence-corrected chi connectivity index (χ3v) is 3.22. The van der Waals surface area contributed by atoms with Gasteiger partial charge in [-0.25, -0.2) is 4.79 Å². The van der Waals surface area contributed by atoms with Crippen molar-refractivity contribution in [2.45, 2.75) is 0 Å². The van der Waals surface area contributed by atoms with E-state index in [4.69, 9.17) is 30.5 Å². The summed E-state index contributed by atoms with van der Waals surface area (Å²) in [6.45, 7) is 0.0834. The Labute approximate surface area is 125 Å². The normalized spacial score (nSPS) is 12.1. The minimum absolute atomic E-state index is 0.0834. The standard InChI is InChI=1S/C15H11ClO5/c1-18-11-4-2-3-5-12(11)21-15(17)9-6-10(16)14-13(7-9)19-8-20-14/h2-7H,8H2,1H3. The predicted octanol–water partition coefficient (Wildman–Crippen LogP) is 3.30. The highest BCUT2D eigenvalue weighted by atomic mass is 35.5. The first kappa shape index (κ1) is 13.6. The van der Waals surface area contributed by atoms with Crippen LogP contribution in [0.25, 0.3) is 0 Å². The van der Waals surface area contributed by atoms with Crippen LogP contribution in [0.3, 0.4) is 0 Å². The van der Waals surface area contributed by atoms with Crippen LogP contribution in [0.15, 0.2) is 36.4 Å². The van der Waals surface area contributed by atoms with Crippen molar-refractivity contribution in [2.75, 3.05) is 13.9 Å². The van der Waals surface area contributed by atoms with Crippen LogP contribution in [0.5, 0.6) is 23.0 Å². The summed E-state index contributed by atoms with van der Waals surface area (Å²) in [5, 5.41) is 0.303. The lowest BCUT2D eigenvalue weighted by molar-refractivity contribution is 0.0729. The van der Waals surface area contributed by atoms with Crippen molar-refractivity contribution in [1.29, 1.82) is 0 Å². The number of benzene rings is 2. The molecule has 0 saturated heterocycles. The lowest BCUT2D eigenvalue weighted by atomic mass is 10.2. The molecule has 1 aliphatic heterocycles. The Hall–Kier alpha value is -2.40. The molecule has 1 heterocycles. The van der Waals surface area contributed by atoms with E-state index in [2.05, 4.69) is 0 Å². The van der Waals surface area contributed by atoms with Crippen molar-refractivity contribution >= 4 is 17.6 Å². The summed E-state index contributed by atoms with van der Waals surface area (Å²) < 4.78 is 20.9. The van der Waals surface area contributed by atoms with E-state index in [0.717, 1.165) is 0 Å². The van der Waals surface area contributed by atoms with E-state index in [9.17, 15) is 4.79 Å². The number of carbonyl (C=O) groups excluding carboxylic acids is 1. The predicted molar refractivity (Wildman–Crippen MR) is 75.5 cm³/mol. The van der Waals surface area contributed by atoms with E-state index in [1.54, 1.807) is 24.3 Å².